The average molecular weight is 366 g/mol. The minimum atomic E-state index is 0.226. The molecule has 0 aliphatic carbocycles. The van der Waals surface area contributed by atoms with E-state index in [1.165, 1.54) is 17.9 Å². The molecule has 2 unspecified atom stereocenters. The summed E-state index contributed by atoms with van der Waals surface area (Å²) in [5.74, 6) is 5.37. The molecule has 0 saturated carbocycles. The number of nitrogens with one attached hydrogen (secondary N) is 2. The average Bonchev–Trinajstić information content (AvgIpc) is 3.25. The topological polar surface area (TPSA) is 70.4 Å². The van der Waals surface area contributed by atoms with E-state index in [1.54, 1.807) is 0 Å². The van der Waals surface area contributed by atoms with Crippen molar-refractivity contribution in [2.45, 2.75) is 50.7 Å². The van der Waals surface area contributed by atoms with Crippen molar-refractivity contribution in [1.29, 1.82) is 0 Å². The Kier molecular flexibility index (Phi) is 5.89. The fourth-order valence-corrected chi connectivity index (χ4v) is 5.06. The predicted molar refractivity (Wildman–Crippen MR) is 104 cm³/mol. The molecule has 1 aromatic heterocycles. The van der Waals surface area contributed by atoms with Crippen molar-refractivity contribution in [2.75, 3.05) is 39.2 Å². The molecule has 8 heteroatoms. The van der Waals surface area contributed by atoms with E-state index >= 15 is 0 Å². The first-order valence-corrected chi connectivity index (χ1v) is 10.4. The Hall–Kier alpha value is -1.28. The van der Waals surface area contributed by atoms with Crippen LogP contribution in [0.5, 0.6) is 0 Å². The second kappa shape index (κ2) is 7.95. The summed E-state index contributed by atoms with van der Waals surface area (Å²) in [5, 5.41) is 11.7. The number of rotatable bonds is 5. The molecule has 1 aromatic rings. The molecule has 0 bridgehead atoms. The van der Waals surface area contributed by atoms with Gasteiger partial charge in [-0.05, 0) is 32.7 Å². The van der Waals surface area contributed by atoms with Gasteiger partial charge in [-0.1, -0.05) is 6.92 Å². The third-order valence-corrected chi connectivity index (χ3v) is 6.63. The van der Waals surface area contributed by atoms with E-state index in [4.69, 9.17) is 0 Å². The van der Waals surface area contributed by atoms with Crippen LogP contribution in [0.25, 0.3) is 0 Å². The van der Waals surface area contributed by atoms with Gasteiger partial charge in [-0.3, -0.25) is 4.99 Å². The number of aliphatic imine (C=N–C) groups is 1. The van der Waals surface area contributed by atoms with Crippen LogP contribution in [0.3, 0.4) is 0 Å². The highest BCUT2D eigenvalue weighted by Crippen LogP contribution is 2.31. The van der Waals surface area contributed by atoms with Gasteiger partial charge in [0, 0.05) is 43.8 Å². The summed E-state index contributed by atoms with van der Waals surface area (Å²) >= 11 is 2.04. The summed E-state index contributed by atoms with van der Waals surface area (Å²) in [6.07, 6.45) is 4.16. The molecule has 7 nitrogen and oxygen atoms in total. The molecular formula is C17H31N7S. The Bertz CT molecular complexity index is 604. The maximum atomic E-state index is 4.59. The van der Waals surface area contributed by atoms with Crippen LogP contribution < -0.4 is 10.6 Å². The van der Waals surface area contributed by atoms with Crippen LogP contribution in [0.15, 0.2) is 4.99 Å². The summed E-state index contributed by atoms with van der Waals surface area (Å²) in [5.41, 5.74) is 0.226. The molecular weight excluding hydrogens is 334 g/mol. The van der Waals surface area contributed by atoms with Gasteiger partial charge in [0.25, 0.3) is 0 Å². The zero-order valence-corrected chi connectivity index (χ0v) is 16.7. The zero-order valence-electron chi connectivity index (χ0n) is 15.9. The molecule has 2 N–H and O–H groups in total. The van der Waals surface area contributed by atoms with E-state index in [0.29, 0.717) is 6.04 Å². The van der Waals surface area contributed by atoms with Crippen LogP contribution in [-0.4, -0.2) is 76.4 Å². The van der Waals surface area contributed by atoms with Crippen molar-refractivity contribution in [3.05, 3.63) is 11.6 Å². The van der Waals surface area contributed by atoms with Gasteiger partial charge in [-0.25, -0.2) is 9.67 Å². The third-order valence-electron chi connectivity index (χ3n) is 5.40. The van der Waals surface area contributed by atoms with Crippen LogP contribution in [0, 0.1) is 0 Å². The van der Waals surface area contributed by atoms with Gasteiger partial charge in [-0.15, -0.1) is 0 Å². The molecule has 3 rings (SSSR count). The van der Waals surface area contributed by atoms with Crippen molar-refractivity contribution in [2.24, 2.45) is 4.99 Å². The molecule has 140 valence electrons. The Balaban J connectivity index is 1.56. The first-order chi connectivity index (χ1) is 12.1. The van der Waals surface area contributed by atoms with Crippen molar-refractivity contribution in [3.63, 3.8) is 0 Å². The summed E-state index contributed by atoms with van der Waals surface area (Å²) in [4.78, 5) is 11.4. The number of fused-ring (bicyclic) bond motifs is 1. The molecule has 0 aromatic carbocycles. The van der Waals surface area contributed by atoms with Crippen molar-refractivity contribution in [1.82, 2.24) is 30.3 Å². The van der Waals surface area contributed by atoms with Gasteiger partial charge in [0.2, 0.25) is 0 Å². The molecule has 1 fully saturated rings. The second-order valence-electron chi connectivity index (χ2n) is 7.21. The van der Waals surface area contributed by atoms with Crippen LogP contribution in [0.1, 0.15) is 31.4 Å². The van der Waals surface area contributed by atoms with E-state index in [1.807, 2.05) is 18.8 Å². The Morgan fingerprint density at radius 1 is 1.48 bits per heavy atom. The highest BCUT2D eigenvalue weighted by molar-refractivity contribution is 7.99. The maximum Gasteiger partial charge on any atom is 0.191 e. The van der Waals surface area contributed by atoms with E-state index in [-0.39, 0.29) is 5.54 Å². The number of guanidine groups is 1. The van der Waals surface area contributed by atoms with Crippen LogP contribution >= 0.6 is 11.8 Å². The van der Waals surface area contributed by atoms with Crippen LogP contribution in [0.4, 0.5) is 0 Å². The van der Waals surface area contributed by atoms with Crippen LogP contribution in [0.2, 0.25) is 0 Å². The summed E-state index contributed by atoms with van der Waals surface area (Å²) in [6.45, 7) is 3.89. The lowest BCUT2D eigenvalue weighted by Crippen LogP contribution is -2.56. The number of nitrogens with zero attached hydrogens (tertiary/aromatic N) is 5. The SMILES string of the molecule is CCc1nc2n(n1)CC(NC(=NC)NCC1(N(C)C)CCSC1)CC2. The molecule has 3 heterocycles. The molecule has 2 atom stereocenters. The number of hydrogen-bond acceptors (Lipinski definition) is 5. The minimum Gasteiger partial charge on any atom is -0.355 e. The molecule has 1 saturated heterocycles. The fourth-order valence-electron chi connectivity index (χ4n) is 3.51. The van der Waals surface area contributed by atoms with E-state index in [0.717, 1.165) is 50.0 Å². The van der Waals surface area contributed by atoms with Crippen molar-refractivity contribution in [3.8, 4) is 0 Å². The van der Waals surface area contributed by atoms with Crippen LogP contribution in [-0.2, 0) is 19.4 Å². The summed E-state index contributed by atoms with van der Waals surface area (Å²) in [6, 6.07) is 0.346. The Morgan fingerprint density at radius 2 is 2.32 bits per heavy atom. The Morgan fingerprint density at radius 3 is 2.96 bits per heavy atom. The van der Waals surface area contributed by atoms with Crippen molar-refractivity contribution < 1.29 is 0 Å². The van der Waals surface area contributed by atoms with Gasteiger partial charge in [-0.2, -0.15) is 16.9 Å². The zero-order chi connectivity index (χ0) is 17.9. The van der Waals surface area contributed by atoms with E-state index in [9.17, 15) is 0 Å². The lowest BCUT2D eigenvalue weighted by atomic mass is 9.97. The largest absolute Gasteiger partial charge is 0.355 e. The molecule has 2 aliphatic heterocycles. The highest BCUT2D eigenvalue weighted by atomic mass is 32.2. The lowest BCUT2D eigenvalue weighted by Gasteiger charge is -2.36. The minimum absolute atomic E-state index is 0.226. The number of aryl methyl sites for hydroxylation is 2. The van der Waals surface area contributed by atoms with Gasteiger partial charge in [0.1, 0.15) is 5.82 Å². The van der Waals surface area contributed by atoms with E-state index in [2.05, 4.69) is 56.3 Å². The number of thioether (sulfide) groups is 1. The summed E-state index contributed by atoms with van der Waals surface area (Å²) in [7, 11) is 6.21. The maximum absolute atomic E-state index is 4.59. The molecule has 0 radical (unpaired) electrons. The number of hydrogen-bond donors (Lipinski definition) is 2. The normalized spacial score (nSPS) is 26.8. The summed E-state index contributed by atoms with van der Waals surface area (Å²) < 4.78 is 2.06. The first-order valence-electron chi connectivity index (χ1n) is 9.21. The first kappa shape index (κ1) is 18.5. The smallest absolute Gasteiger partial charge is 0.191 e. The van der Waals surface area contributed by atoms with Gasteiger partial charge >= 0.3 is 0 Å². The molecule has 0 spiro atoms. The van der Waals surface area contributed by atoms with Crippen molar-refractivity contribution >= 4 is 17.7 Å². The number of aromatic nitrogens is 3. The molecule has 0 amide bonds. The standard InChI is InChI=1S/C17H31N7S/c1-5-14-21-15-7-6-13(10-24(15)22-14)20-16(18-2)19-11-17(23(3)4)8-9-25-12-17/h13H,5-12H2,1-4H3,(H2,18,19,20). The monoisotopic (exact) mass is 365 g/mol. The quantitative estimate of drug-likeness (QED) is 0.593. The van der Waals surface area contributed by atoms with Gasteiger partial charge in [0.15, 0.2) is 11.8 Å². The highest BCUT2D eigenvalue weighted by Gasteiger charge is 2.36. The Labute approximate surface area is 155 Å². The molecule has 25 heavy (non-hydrogen) atoms. The second-order valence-corrected chi connectivity index (χ2v) is 8.31. The number of likely N-dealkylation sites (N-methyl/N-ethyl adjacent to an activating group) is 1. The van der Waals surface area contributed by atoms with Gasteiger partial charge < -0.3 is 15.5 Å². The predicted octanol–water partition coefficient (Wildman–Crippen LogP) is 0.758. The van der Waals surface area contributed by atoms with E-state index < -0.39 is 0 Å². The molecule has 2 aliphatic rings. The third kappa shape index (κ3) is 4.11. The van der Waals surface area contributed by atoms with Gasteiger partial charge in [0.05, 0.1) is 6.54 Å². The fraction of sp³-hybridized carbons (Fsp3) is 0.824. The lowest BCUT2D eigenvalue weighted by molar-refractivity contribution is 0.182.